The minimum atomic E-state index is -0.669. The zero-order valence-electron chi connectivity index (χ0n) is 41.2. The lowest BCUT2D eigenvalue weighted by Crippen LogP contribution is -2.45. The minimum Gasteiger partial charge on any atom is -0.394 e. The molecule has 0 heterocycles. The van der Waals surface area contributed by atoms with Crippen molar-refractivity contribution in [2.24, 2.45) is 0 Å². The first-order valence-corrected chi connectivity index (χ1v) is 27.3. The number of rotatable bonds is 50. The van der Waals surface area contributed by atoms with Gasteiger partial charge in [-0.15, -0.1) is 0 Å². The van der Waals surface area contributed by atoms with E-state index in [1.165, 1.54) is 199 Å². The van der Waals surface area contributed by atoms with Gasteiger partial charge in [0.25, 0.3) is 0 Å². The van der Waals surface area contributed by atoms with E-state index in [2.05, 4.69) is 67.8 Å². The molecule has 0 aromatic carbocycles. The van der Waals surface area contributed by atoms with Crippen LogP contribution in [0.1, 0.15) is 290 Å². The molecule has 4 heteroatoms. The Hall–Kier alpha value is -1.65. The second-order valence-corrected chi connectivity index (χ2v) is 18.6. The molecule has 0 saturated heterocycles. The molecule has 3 N–H and O–H groups in total. The summed E-state index contributed by atoms with van der Waals surface area (Å²) in [5.41, 5.74) is 0. The lowest BCUT2D eigenvalue weighted by atomic mass is 10.0. The summed E-state index contributed by atoms with van der Waals surface area (Å²) in [6, 6.07) is -0.547. The molecule has 0 rings (SSSR count). The summed E-state index contributed by atoms with van der Waals surface area (Å²) in [4.78, 5) is 12.5. The number of carbonyl (C=O) groups is 1. The Morgan fingerprint density at radius 2 is 0.721 bits per heavy atom. The van der Waals surface area contributed by atoms with E-state index in [0.717, 1.165) is 64.2 Å². The topological polar surface area (TPSA) is 69.6 Å². The zero-order valence-corrected chi connectivity index (χ0v) is 41.2. The van der Waals surface area contributed by atoms with Crippen LogP contribution in [0.5, 0.6) is 0 Å². The quantitative estimate of drug-likeness (QED) is 0.0422. The summed E-state index contributed by atoms with van der Waals surface area (Å²) in [5, 5.41) is 23.3. The smallest absolute Gasteiger partial charge is 0.220 e. The van der Waals surface area contributed by atoms with Crippen molar-refractivity contribution in [1.82, 2.24) is 5.32 Å². The minimum absolute atomic E-state index is 0.0434. The van der Waals surface area contributed by atoms with Gasteiger partial charge in [-0.3, -0.25) is 4.79 Å². The highest BCUT2D eigenvalue weighted by Crippen LogP contribution is 2.18. The lowest BCUT2D eigenvalue weighted by molar-refractivity contribution is -0.123. The van der Waals surface area contributed by atoms with Crippen molar-refractivity contribution in [3.05, 3.63) is 48.6 Å². The third-order valence-corrected chi connectivity index (χ3v) is 12.6. The maximum atomic E-state index is 12.5. The number of hydrogen-bond acceptors (Lipinski definition) is 3. The second-order valence-electron chi connectivity index (χ2n) is 18.6. The molecule has 0 bridgehead atoms. The van der Waals surface area contributed by atoms with Gasteiger partial charge in [0.1, 0.15) is 0 Å². The number of nitrogens with one attached hydrogen (secondary N) is 1. The van der Waals surface area contributed by atoms with Crippen molar-refractivity contribution < 1.29 is 15.0 Å². The standard InChI is InChI=1S/C57H107NO3/c1-3-5-7-9-11-13-15-17-19-21-23-24-25-26-27-28-29-30-31-32-33-35-36-38-40-42-44-46-48-50-52-56(60)55(54-59)58-57(61)53-51-49-47-45-43-41-39-37-34-22-20-18-16-14-12-10-8-6-4-2/h6,8,12,14,18,20,34,37,55-56,59-60H,3-5,7,9-11,13,15-17,19,21-33,35-36,38-54H2,1-2H3,(H,58,61)/b8-6-,14-12-,20-18-,37-34-. The van der Waals surface area contributed by atoms with E-state index in [9.17, 15) is 15.0 Å². The molecular weight excluding hydrogens is 747 g/mol. The molecule has 0 aliphatic carbocycles. The van der Waals surface area contributed by atoms with Crippen LogP contribution in [0.4, 0.5) is 0 Å². The van der Waals surface area contributed by atoms with Gasteiger partial charge in [-0.2, -0.15) is 0 Å². The van der Waals surface area contributed by atoms with Crippen LogP contribution in [-0.4, -0.2) is 34.9 Å². The van der Waals surface area contributed by atoms with Gasteiger partial charge in [0, 0.05) is 6.42 Å². The van der Waals surface area contributed by atoms with E-state index >= 15 is 0 Å². The Morgan fingerprint density at radius 1 is 0.410 bits per heavy atom. The molecule has 0 spiro atoms. The summed E-state index contributed by atoms with van der Waals surface area (Å²) in [6.45, 7) is 4.26. The number of carbonyl (C=O) groups excluding carboxylic acids is 1. The summed E-state index contributed by atoms with van der Waals surface area (Å²) < 4.78 is 0. The van der Waals surface area contributed by atoms with Crippen molar-refractivity contribution in [2.45, 2.75) is 302 Å². The highest BCUT2D eigenvalue weighted by molar-refractivity contribution is 5.76. The van der Waals surface area contributed by atoms with Gasteiger partial charge >= 0.3 is 0 Å². The molecule has 1 amide bonds. The first-order chi connectivity index (χ1) is 30.2. The van der Waals surface area contributed by atoms with Crippen LogP contribution in [0.3, 0.4) is 0 Å². The van der Waals surface area contributed by atoms with Crippen LogP contribution < -0.4 is 5.32 Å². The van der Waals surface area contributed by atoms with Gasteiger partial charge in [-0.1, -0.05) is 281 Å². The van der Waals surface area contributed by atoms with Crippen molar-refractivity contribution in [2.75, 3.05) is 6.61 Å². The Balaban J connectivity index is 3.45. The Kier molecular flexibility index (Phi) is 51.3. The van der Waals surface area contributed by atoms with Crippen LogP contribution in [0, 0.1) is 0 Å². The van der Waals surface area contributed by atoms with E-state index in [0.29, 0.717) is 12.8 Å². The molecule has 0 fully saturated rings. The summed E-state index contributed by atoms with van der Waals surface area (Å²) in [5.74, 6) is -0.0434. The van der Waals surface area contributed by atoms with Crippen LogP contribution in [0.2, 0.25) is 0 Å². The molecule has 358 valence electrons. The van der Waals surface area contributed by atoms with Gasteiger partial charge in [-0.05, 0) is 51.4 Å². The first kappa shape index (κ1) is 59.4. The molecule has 2 atom stereocenters. The molecule has 0 aromatic heterocycles. The molecule has 0 aliphatic rings. The van der Waals surface area contributed by atoms with Crippen molar-refractivity contribution in [1.29, 1.82) is 0 Å². The van der Waals surface area contributed by atoms with Gasteiger partial charge < -0.3 is 15.5 Å². The monoisotopic (exact) mass is 854 g/mol. The van der Waals surface area contributed by atoms with E-state index in [-0.39, 0.29) is 12.5 Å². The molecule has 0 radical (unpaired) electrons. The highest BCUT2D eigenvalue weighted by atomic mass is 16.3. The Morgan fingerprint density at radius 3 is 1.08 bits per heavy atom. The summed E-state index contributed by atoms with van der Waals surface area (Å²) in [7, 11) is 0. The van der Waals surface area contributed by atoms with Crippen molar-refractivity contribution in [3.63, 3.8) is 0 Å². The molecule has 0 aliphatic heterocycles. The number of hydrogen-bond donors (Lipinski definition) is 3. The molecule has 0 aromatic rings. The van der Waals surface area contributed by atoms with Crippen LogP contribution in [0.25, 0.3) is 0 Å². The SMILES string of the molecule is CC/C=C\C/C=C\C/C=C\C/C=C\CCCCCCCCC(=O)NC(CO)C(O)CCCCCCCCCCCCCCCCCCCCCCCCCCCCCCCC. The van der Waals surface area contributed by atoms with Crippen LogP contribution >= 0.6 is 0 Å². The van der Waals surface area contributed by atoms with Gasteiger partial charge in [0.2, 0.25) is 5.91 Å². The van der Waals surface area contributed by atoms with Gasteiger partial charge in [0.15, 0.2) is 0 Å². The van der Waals surface area contributed by atoms with E-state index in [1.54, 1.807) is 0 Å². The highest BCUT2D eigenvalue weighted by Gasteiger charge is 2.20. The third kappa shape index (κ3) is 49.2. The summed E-state index contributed by atoms with van der Waals surface area (Å²) >= 11 is 0. The molecule has 61 heavy (non-hydrogen) atoms. The first-order valence-electron chi connectivity index (χ1n) is 27.3. The fourth-order valence-corrected chi connectivity index (χ4v) is 8.47. The molecule has 2 unspecified atom stereocenters. The summed E-state index contributed by atoms with van der Waals surface area (Å²) in [6.07, 6.45) is 72.4. The molecular formula is C57H107NO3. The Labute approximate surface area is 382 Å². The fourth-order valence-electron chi connectivity index (χ4n) is 8.47. The molecule has 4 nitrogen and oxygen atoms in total. The normalized spacial score (nSPS) is 13.2. The number of amides is 1. The molecule has 0 saturated carbocycles. The van der Waals surface area contributed by atoms with Crippen molar-refractivity contribution in [3.8, 4) is 0 Å². The zero-order chi connectivity index (χ0) is 44.2. The number of allylic oxidation sites excluding steroid dienone is 8. The predicted octanol–water partition coefficient (Wildman–Crippen LogP) is 17.9. The van der Waals surface area contributed by atoms with Crippen molar-refractivity contribution >= 4 is 5.91 Å². The van der Waals surface area contributed by atoms with Gasteiger partial charge in [0.05, 0.1) is 18.8 Å². The van der Waals surface area contributed by atoms with Crippen LogP contribution in [0.15, 0.2) is 48.6 Å². The largest absolute Gasteiger partial charge is 0.394 e. The van der Waals surface area contributed by atoms with Crippen LogP contribution in [-0.2, 0) is 4.79 Å². The number of aliphatic hydroxyl groups is 2. The Bertz CT molecular complexity index is 970. The number of aliphatic hydroxyl groups excluding tert-OH is 2. The maximum absolute atomic E-state index is 12.5. The number of unbranched alkanes of at least 4 members (excludes halogenated alkanes) is 35. The predicted molar refractivity (Wildman–Crippen MR) is 271 cm³/mol. The third-order valence-electron chi connectivity index (χ3n) is 12.6. The maximum Gasteiger partial charge on any atom is 0.220 e. The van der Waals surface area contributed by atoms with Gasteiger partial charge in [-0.25, -0.2) is 0 Å². The second kappa shape index (κ2) is 52.7. The average Bonchev–Trinajstić information content (AvgIpc) is 3.26. The lowest BCUT2D eigenvalue weighted by Gasteiger charge is -2.22. The van der Waals surface area contributed by atoms with E-state index < -0.39 is 12.1 Å². The fraction of sp³-hybridized carbons (Fsp3) is 0.842. The van der Waals surface area contributed by atoms with E-state index in [1.807, 2.05) is 0 Å². The average molecular weight is 854 g/mol. The van der Waals surface area contributed by atoms with E-state index in [4.69, 9.17) is 0 Å².